The summed E-state index contributed by atoms with van der Waals surface area (Å²) in [7, 11) is 0. The van der Waals surface area contributed by atoms with E-state index in [0.717, 1.165) is 12.8 Å². The van der Waals surface area contributed by atoms with E-state index in [0.29, 0.717) is 18.8 Å². The Hall–Kier alpha value is -1.06. The number of carbonyl (C=O) groups excluding carboxylic acids is 1. The number of carboxylic acids is 1. The Balaban J connectivity index is 2.75. The van der Waals surface area contributed by atoms with Crippen LogP contribution in [0.25, 0.3) is 0 Å². The number of aliphatic carboxylic acids is 1. The smallest absolute Gasteiger partial charge is 0.329 e. The molecule has 0 aromatic heterocycles. The molecule has 0 spiro atoms. The van der Waals surface area contributed by atoms with Crippen LogP contribution in [0.1, 0.15) is 53.4 Å². The fourth-order valence-corrected chi connectivity index (χ4v) is 2.30. The molecule has 18 heavy (non-hydrogen) atoms. The maximum Gasteiger partial charge on any atom is 0.329 e. The molecule has 0 saturated heterocycles. The molecule has 1 amide bonds. The molecule has 2 N–H and O–H groups in total. The van der Waals surface area contributed by atoms with Crippen molar-refractivity contribution in [3.8, 4) is 0 Å². The summed E-state index contributed by atoms with van der Waals surface area (Å²) in [4.78, 5) is 23.6. The molecule has 0 bridgehead atoms. The first-order valence-corrected chi connectivity index (χ1v) is 6.84. The average Bonchev–Trinajstić information content (AvgIpc) is 2.30. The molecule has 104 valence electrons. The zero-order valence-corrected chi connectivity index (χ0v) is 11.8. The van der Waals surface area contributed by atoms with E-state index in [1.165, 1.54) is 0 Å². The van der Waals surface area contributed by atoms with Gasteiger partial charge in [0, 0.05) is 5.92 Å². The Bertz CT molecular complexity index is 317. The van der Waals surface area contributed by atoms with Crippen LogP contribution in [0.15, 0.2) is 0 Å². The van der Waals surface area contributed by atoms with Crippen LogP contribution >= 0.6 is 0 Å². The van der Waals surface area contributed by atoms with E-state index in [2.05, 4.69) is 12.2 Å². The molecule has 0 aromatic rings. The molecule has 1 unspecified atom stereocenters. The monoisotopic (exact) mass is 255 g/mol. The molecular weight excluding hydrogens is 230 g/mol. The molecule has 1 saturated carbocycles. The quantitative estimate of drug-likeness (QED) is 0.810. The molecule has 1 fully saturated rings. The third-order valence-electron chi connectivity index (χ3n) is 4.31. The molecule has 0 aliphatic heterocycles. The zero-order chi connectivity index (χ0) is 13.9. The van der Waals surface area contributed by atoms with E-state index in [1.807, 2.05) is 20.8 Å². The van der Waals surface area contributed by atoms with Gasteiger partial charge in [-0.05, 0) is 37.5 Å². The van der Waals surface area contributed by atoms with Crippen LogP contribution in [0.4, 0.5) is 0 Å². The molecule has 0 heterocycles. The molecule has 0 radical (unpaired) electrons. The number of amides is 1. The van der Waals surface area contributed by atoms with Gasteiger partial charge in [0.25, 0.3) is 0 Å². The second kappa shape index (κ2) is 5.72. The van der Waals surface area contributed by atoms with Crippen LogP contribution in [0.3, 0.4) is 0 Å². The Morgan fingerprint density at radius 1 is 1.22 bits per heavy atom. The minimum atomic E-state index is -1.03. The van der Waals surface area contributed by atoms with Crippen molar-refractivity contribution in [1.82, 2.24) is 5.32 Å². The number of nitrogens with one attached hydrogen (secondary N) is 1. The number of carbonyl (C=O) groups is 2. The van der Waals surface area contributed by atoms with E-state index < -0.39 is 11.5 Å². The minimum absolute atomic E-state index is 0.137. The van der Waals surface area contributed by atoms with E-state index in [4.69, 9.17) is 0 Å². The van der Waals surface area contributed by atoms with Crippen molar-refractivity contribution in [2.24, 2.45) is 17.8 Å². The first-order chi connectivity index (χ1) is 8.28. The zero-order valence-electron chi connectivity index (χ0n) is 11.8. The van der Waals surface area contributed by atoms with Gasteiger partial charge in [0.15, 0.2) is 0 Å². The standard InChI is InChI=1S/C14H25NO3/c1-9(2)11(4)12(16)15-14(13(17)18)7-5-10(3)6-8-14/h9-11H,5-8H2,1-4H3,(H,15,16)(H,17,18). The van der Waals surface area contributed by atoms with Gasteiger partial charge >= 0.3 is 5.97 Å². The van der Waals surface area contributed by atoms with Crippen molar-refractivity contribution in [2.45, 2.75) is 58.9 Å². The number of carboxylic acid groups (broad SMARTS) is 1. The molecule has 1 aliphatic rings. The number of hydrogen-bond acceptors (Lipinski definition) is 2. The van der Waals surface area contributed by atoms with Crippen molar-refractivity contribution in [3.63, 3.8) is 0 Å². The third-order valence-corrected chi connectivity index (χ3v) is 4.31. The molecular formula is C14H25NO3. The maximum atomic E-state index is 12.1. The SMILES string of the molecule is CC1CCC(NC(=O)C(C)C(C)C)(C(=O)O)CC1. The predicted octanol–water partition coefficient (Wildman–Crippen LogP) is 2.43. The van der Waals surface area contributed by atoms with E-state index >= 15 is 0 Å². The average molecular weight is 255 g/mol. The van der Waals surface area contributed by atoms with Gasteiger partial charge in [-0.1, -0.05) is 27.7 Å². The Kier molecular flexibility index (Phi) is 4.77. The van der Waals surface area contributed by atoms with Gasteiger partial charge in [0.1, 0.15) is 5.54 Å². The normalized spacial score (nSPS) is 29.9. The molecule has 1 aliphatic carbocycles. The maximum absolute atomic E-state index is 12.1. The van der Waals surface area contributed by atoms with Crippen LogP contribution in [0, 0.1) is 17.8 Å². The van der Waals surface area contributed by atoms with Gasteiger partial charge < -0.3 is 10.4 Å². The van der Waals surface area contributed by atoms with Crippen LogP contribution in [-0.2, 0) is 9.59 Å². The van der Waals surface area contributed by atoms with E-state index in [9.17, 15) is 14.7 Å². The Labute approximate surface area is 109 Å². The second-order valence-electron chi connectivity index (χ2n) is 6.09. The summed E-state index contributed by atoms with van der Waals surface area (Å²) in [6.07, 6.45) is 2.81. The molecule has 1 atom stereocenters. The highest BCUT2D eigenvalue weighted by atomic mass is 16.4. The molecule has 4 heteroatoms. The lowest BCUT2D eigenvalue weighted by Crippen LogP contribution is -2.57. The van der Waals surface area contributed by atoms with Crippen LogP contribution in [0.5, 0.6) is 0 Å². The third kappa shape index (κ3) is 3.24. The number of rotatable bonds is 4. The topological polar surface area (TPSA) is 66.4 Å². The Morgan fingerprint density at radius 3 is 2.11 bits per heavy atom. The highest BCUT2D eigenvalue weighted by molar-refractivity contribution is 5.88. The molecule has 0 aromatic carbocycles. The summed E-state index contributed by atoms with van der Waals surface area (Å²) >= 11 is 0. The van der Waals surface area contributed by atoms with Gasteiger partial charge in [-0.15, -0.1) is 0 Å². The number of hydrogen-bond donors (Lipinski definition) is 2. The van der Waals surface area contributed by atoms with Crippen molar-refractivity contribution in [3.05, 3.63) is 0 Å². The summed E-state index contributed by atoms with van der Waals surface area (Å²) < 4.78 is 0. The lowest BCUT2D eigenvalue weighted by atomic mass is 9.76. The summed E-state index contributed by atoms with van der Waals surface area (Å²) in [6.45, 7) is 7.92. The second-order valence-corrected chi connectivity index (χ2v) is 6.09. The first-order valence-electron chi connectivity index (χ1n) is 6.84. The van der Waals surface area contributed by atoms with Crippen LogP contribution in [0.2, 0.25) is 0 Å². The van der Waals surface area contributed by atoms with Gasteiger partial charge in [-0.3, -0.25) is 4.79 Å². The highest BCUT2D eigenvalue weighted by Crippen LogP contribution is 2.32. The highest BCUT2D eigenvalue weighted by Gasteiger charge is 2.43. The van der Waals surface area contributed by atoms with Crippen molar-refractivity contribution in [2.75, 3.05) is 0 Å². The summed E-state index contributed by atoms with van der Waals surface area (Å²) in [5.41, 5.74) is -1.03. The lowest BCUT2D eigenvalue weighted by Gasteiger charge is -2.37. The minimum Gasteiger partial charge on any atom is -0.480 e. The van der Waals surface area contributed by atoms with Crippen molar-refractivity contribution < 1.29 is 14.7 Å². The van der Waals surface area contributed by atoms with Crippen LogP contribution < -0.4 is 5.32 Å². The van der Waals surface area contributed by atoms with E-state index in [1.54, 1.807) is 0 Å². The fraction of sp³-hybridized carbons (Fsp3) is 0.857. The summed E-state index contributed by atoms with van der Waals surface area (Å²) in [5.74, 6) is -0.406. The molecule has 1 rings (SSSR count). The largest absolute Gasteiger partial charge is 0.480 e. The predicted molar refractivity (Wildman–Crippen MR) is 70.1 cm³/mol. The summed E-state index contributed by atoms with van der Waals surface area (Å²) in [5, 5.41) is 12.2. The first kappa shape index (κ1) is 15.0. The van der Waals surface area contributed by atoms with Gasteiger partial charge in [0.2, 0.25) is 5.91 Å². The Morgan fingerprint density at radius 2 is 1.72 bits per heavy atom. The fourth-order valence-electron chi connectivity index (χ4n) is 2.30. The van der Waals surface area contributed by atoms with Crippen LogP contribution in [-0.4, -0.2) is 22.5 Å². The van der Waals surface area contributed by atoms with E-state index in [-0.39, 0.29) is 17.7 Å². The molecule has 4 nitrogen and oxygen atoms in total. The van der Waals surface area contributed by atoms with Gasteiger partial charge in [-0.2, -0.15) is 0 Å². The van der Waals surface area contributed by atoms with Gasteiger partial charge in [0.05, 0.1) is 0 Å². The van der Waals surface area contributed by atoms with Gasteiger partial charge in [-0.25, -0.2) is 4.79 Å². The van der Waals surface area contributed by atoms with Crippen molar-refractivity contribution in [1.29, 1.82) is 0 Å². The van der Waals surface area contributed by atoms with Crippen molar-refractivity contribution >= 4 is 11.9 Å². The summed E-state index contributed by atoms with van der Waals surface area (Å²) in [6, 6.07) is 0. The lowest BCUT2D eigenvalue weighted by molar-refractivity contribution is -0.150.